The van der Waals surface area contributed by atoms with Crippen LogP contribution in [0.2, 0.25) is 0 Å². The third kappa shape index (κ3) is 4.26. The molecule has 27 heavy (non-hydrogen) atoms. The number of nitrogens with one attached hydrogen (secondary N) is 1. The van der Waals surface area contributed by atoms with Crippen LogP contribution in [0.1, 0.15) is 22.8 Å². The number of esters is 1. The second kappa shape index (κ2) is 7.91. The van der Waals surface area contributed by atoms with Crippen molar-refractivity contribution in [2.75, 3.05) is 12.4 Å². The van der Waals surface area contributed by atoms with Gasteiger partial charge in [-0.05, 0) is 54.4 Å². The zero-order valence-corrected chi connectivity index (χ0v) is 15.5. The molecule has 1 atom stereocenters. The zero-order chi connectivity index (χ0) is 19.4. The van der Waals surface area contributed by atoms with Crippen LogP contribution in [0, 0.1) is 6.92 Å². The molecule has 3 aromatic carbocycles. The van der Waals surface area contributed by atoms with E-state index in [2.05, 4.69) is 5.32 Å². The van der Waals surface area contributed by atoms with Gasteiger partial charge in [0, 0.05) is 5.69 Å². The molecule has 0 saturated carbocycles. The molecule has 3 rings (SSSR count). The van der Waals surface area contributed by atoms with Crippen molar-refractivity contribution in [2.24, 2.45) is 0 Å². The number of fused-ring (bicyclic) bond motifs is 1. The molecule has 1 N–H and O–H groups in total. The molecule has 0 radical (unpaired) electrons. The largest absolute Gasteiger partial charge is 0.496 e. The number of hydrogen-bond acceptors (Lipinski definition) is 4. The lowest BCUT2D eigenvalue weighted by atomic mass is 10.1. The van der Waals surface area contributed by atoms with E-state index in [-0.39, 0.29) is 0 Å². The first kappa shape index (κ1) is 18.5. The summed E-state index contributed by atoms with van der Waals surface area (Å²) in [6.07, 6.45) is -0.934. The summed E-state index contributed by atoms with van der Waals surface area (Å²) >= 11 is 0. The fourth-order valence-corrected chi connectivity index (χ4v) is 2.74. The Morgan fingerprint density at radius 3 is 2.44 bits per heavy atom. The van der Waals surface area contributed by atoms with Crippen molar-refractivity contribution < 1.29 is 19.1 Å². The fourth-order valence-electron chi connectivity index (χ4n) is 2.74. The van der Waals surface area contributed by atoms with Gasteiger partial charge >= 0.3 is 5.97 Å². The zero-order valence-electron chi connectivity index (χ0n) is 15.5. The molecule has 0 spiro atoms. The number of ether oxygens (including phenoxy) is 2. The number of carbonyl (C=O) groups excluding carboxylic acids is 2. The van der Waals surface area contributed by atoms with Gasteiger partial charge in [-0.3, -0.25) is 4.79 Å². The van der Waals surface area contributed by atoms with Gasteiger partial charge in [0.15, 0.2) is 6.10 Å². The minimum Gasteiger partial charge on any atom is -0.496 e. The van der Waals surface area contributed by atoms with E-state index in [9.17, 15) is 9.59 Å². The third-order valence-electron chi connectivity index (χ3n) is 4.31. The number of amides is 1. The van der Waals surface area contributed by atoms with Gasteiger partial charge in [-0.25, -0.2) is 4.79 Å². The lowest BCUT2D eigenvalue weighted by Gasteiger charge is -2.14. The summed E-state index contributed by atoms with van der Waals surface area (Å²) in [5.41, 5.74) is 1.90. The van der Waals surface area contributed by atoms with Crippen LogP contribution in [-0.2, 0) is 9.53 Å². The number of anilines is 1. The van der Waals surface area contributed by atoms with Crippen LogP contribution >= 0.6 is 0 Å². The Hall–Kier alpha value is -3.34. The summed E-state index contributed by atoms with van der Waals surface area (Å²) in [6.45, 7) is 3.42. The highest BCUT2D eigenvalue weighted by molar-refractivity contribution is 5.99. The van der Waals surface area contributed by atoms with Gasteiger partial charge in [-0.2, -0.15) is 0 Å². The van der Waals surface area contributed by atoms with Crippen LogP contribution < -0.4 is 10.1 Å². The summed E-state index contributed by atoms with van der Waals surface area (Å²) in [5.74, 6) is -0.370. The average Bonchev–Trinajstić information content (AvgIpc) is 2.68. The van der Waals surface area contributed by atoms with Crippen molar-refractivity contribution in [1.82, 2.24) is 0 Å². The number of benzene rings is 3. The first-order valence-corrected chi connectivity index (χ1v) is 8.63. The monoisotopic (exact) mass is 363 g/mol. The van der Waals surface area contributed by atoms with E-state index in [1.165, 1.54) is 7.11 Å². The minimum atomic E-state index is -0.934. The topological polar surface area (TPSA) is 64.6 Å². The van der Waals surface area contributed by atoms with Gasteiger partial charge in [0.2, 0.25) is 0 Å². The molecule has 0 aliphatic carbocycles. The molecular weight excluding hydrogens is 342 g/mol. The van der Waals surface area contributed by atoms with Crippen LogP contribution in [-0.4, -0.2) is 25.1 Å². The lowest BCUT2D eigenvalue weighted by Crippen LogP contribution is -2.30. The number of hydrogen-bond donors (Lipinski definition) is 1. The Kier molecular flexibility index (Phi) is 5.41. The normalized spacial score (nSPS) is 11.7. The van der Waals surface area contributed by atoms with Crippen molar-refractivity contribution in [3.63, 3.8) is 0 Å². The molecule has 0 aliphatic heterocycles. The molecule has 0 aromatic heterocycles. The summed E-state index contributed by atoms with van der Waals surface area (Å²) in [6, 6.07) is 18.5. The van der Waals surface area contributed by atoms with Gasteiger partial charge < -0.3 is 14.8 Å². The molecular formula is C22H21NO4. The Morgan fingerprint density at radius 2 is 1.70 bits per heavy atom. The molecule has 138 valence electrons. The van der Waals surface area contributed by atoms with E-state index in [0.29, 0.717) is 17.0 Å². The van der Waals surface area contributed by atoms with Crippen molar-refractivity contribution in [1.29, 1.82) is 0 Å². The van der Waals surface area contributed by atoms with E-state index in [4.69, 9.17) is 9.47 Å². The van der Waals surface area contributed by atoms with Gasteiger partial charge in [-0.1, -0.05) is 36.4 Å². The van der Waals surface area contributed by atoms with E-state index in [0.717, 1.165) is 16.3 Å². The first-order chi connectivity index (χ1) is 13.0. The standard InChI is InChI=1S/C22H21NO4/c1-14-8-9-18(13-20(14)26-3)22(25)27-15(2)21(24)23-19-11-10-16-6-4-5-7-17(16)12-19/h4-13,15H,1-3H3,(H,23,24)/t15-/m1/s1. The number of methoxy groups -OCH3 is 1. The van der Waals surface area contributed by atoms with E-state index in [1.54, 1.807) is 25.1 Å². The van der Waals surface area contributed by atoms with Gasteiger partial charge in [0.05, 0.1) is 12.7 Å². The molecule has 0 fully saturated rings. The molecule has 1 amide bonds. The van der Waals surface area contributed by atoms with Crippen LogP contribution in [0.3, 0.4) is 0 Å². The smallest absolute Gasteiger partial charge is 0.339 e. The van der Waals surface area contributed by atoms with Crippen LogP contribution in [0.25, 0.3) is 10.8 Å². The third-order valence-corrected chi connectivity index (χ3v) is 4.31. The van der Waals surface area contributed by atoms with E-state index in [1.807, 2.05) is 49.4 Å². The Balaban J connectivity index is 1.66. The SMILES string of the molecule is COc1cc(C(=O)O[C@H](C)C(=O)Nc2ccc3ccccc3c2)ccc1C. The highest BCUT2D eigenvalue weighted by Gasteiger charge is 2.20. The van der Waals surface area contributed by atoms with Gasteiger partial charge in [0.1, 0.15) is 5.75 Å². The maximum atomic E-state index is 12.4. The fraction of sp³-hybridized carbons (Fsp3) is 0.182. The highest BCUT2D eigenvalue weighted by Crippen LogP contribution is 2.21. The maximum Gasteiger partial charge on any atom is 0.339 e. The van der Waals surface area contributed by atoms with E-state index < -0.39 is 18.0 Å². The lowest BCUT2D eigenvalue weighted by molar-refractivity contribution is -0.123. The van der Waals surface area contributed by atoms with Crippen molar-refractivity contribution in [3.05, 3.63) is 71.8 Å². The number of rotatable bonds is 5. The Morgan fingerprint density at radius 1 is 0.963 bits per heavy atom. The van der Waals surface area contributed by atoms with Crippen molar-refractivity contribution in [2.45, 2.75) is 20.0 Å². The average molecular weight is 363 g/mol. The molecule has 5 nitrogen and oxygen atoms in total. The molecule has 0 aliphatic rings. The molecule has 0 saturated heterocycles. The van der Waals surface area contributed by atoms with Crippen LogP contribution in [0.15, 0.2) is 60.7 Å². The van der Waals surface area contributed by atoms with Gasteiger partial charge in [-0.15, -0.1) is 0 Å². The van der Waals surface area contributed by atoms with Gasteiger partial charge in [0.25, 0.3) is 5.91 Å². The Bertz CT molecular complexity index is 997. The summed E-state index contributed by atoms with van der Waals surface area (Å²) < 4.78 is 10.5. The molecule has 5 heteroatoms. The molecule has 0 unspecified atom stereocenters. The summed E-state index contributed by atoms with van der Waals surface area (Å²) in [4.78, 5) is 24.7. The molecule has 0 heterocycles. The predicted octanol–water partition coefficient (Wildman–Crippen LogP) is 4.34. The maximum absolute atomic E-state index is 12.4. The van der Waals surface area contributed by atoms with Crippen molar-refractivity contribution in [3.8, 4) is 5.75 Å². The minimum absolute atomic E-state index is 0.336. The summed E-state index contributed by atoms with van der Waals surface area (Å²) in [5, 5.41) is 4.89. The summed E-state index contributed by atoms with van der Waals surface area (Å²) in [7, 11) is 1.54. The first-order valence-electron chi connectivity index (χ1n) is 8.63. The van der Waals surface area contributed by atoms with Crippen molar-refractivity contribution >= 4 is 28.3 Å². The quantitative estimate of drug-likeness (QED) is 0.685. The second-order valence-corrected chi connectivity index (χ2v) is 6.28. The van der Waals surface area contributed by atoms with E-state index >= 15 is 0 Å². The highest BCUT2D eigenvalue weighted by atomic mass is 16.5. The number of aryl methyl sites for hydroxylation is 1. The van der Waals surface area contributed by atoms with Crippen LogP contribution in [0.5, 0.6) is 5.75 Å². The number of carbonyl (C=O) groups is 2. The Labute approximate surface area is 157 Å². The molecule has 0 bridgehead atoms. The van der Waals surface area contributed by atoms with Crippen LogP contribution in [0.4, 0.5) is 5.69 Å². The predicted molar refractivity (Wildman–Crippen MR) is 105 cm³/mol. The second-order valence-electron chi connectivity index (χ2n) is 6.28. The molecule has 3 aromatic rings.